The standard InChI is InChI=1S/C23H28FN3O/c24-20-9-7-19(8-10-20)22(23(28)26-21-11-12-21)25-15-17-3-5-18(6-4-17)16-27-13-1-2-14-27/h3-10,21-22,25H,1-2,11-16H2,(H,26,28). The maximum absolute atomic E-state index is 13.3. The van der Waals surface area contributed by atoms with Crippen molar-refractivity contribution >= 4 is 5.91 Å². The molecule has 2 aliphatic rings. The summed E-state index contributed by atoms with van der Waals surface area (Å²) in [7, 11) is 0. The van der Waals surface area contributed by atoms with Gasteiger partial charge in [0.2, 0.25) is 5.91 Å². The molecule has 2 aromatic carbocycles. The highest BCUT2D eigenvalue weighted by molar-refractivity contribution is 5.83. The molecule has 28 heavy (non-hydrogen) atoms. The molecular formula is C23H28FN3O. The van der Waals surface area contributed by atoms with Gasteiger partial charge in [0.1, 0.15) is 11.9 Å². The van der Waals surface area contributed by atoms with Crippen LogP contribution >= 0.6 is 0 Å². The first-order chi connectivity index (χ1) is 13.7. The molecule has 0 aromatic heterocycles. The van der Waals surface area contributed by atoms with Gasteiger partial charge in [0.15, 0.2) is 0 Å². The molecule has 1 saturated carbocycles. The fourth-order valence-electron chi connectivity index (χ4n) is 3.71. The third-order valence-corrected chi connectivity index (χ3v) is 5.53. The lowest BCUT2D eigenvalue weighted by Crippen LogP contribution is -2.38. The monoisotopic (exact) mass is 381 g/mol. The molecule has 1 aliphatic carbocycles. The molecule has 1 heterocycles. The Kier molecular flexibility index (Phi) is 6.03. The summed E-state index contributed by atoms with van der Waals surface area (Å²) in [5.74, 6) is -0.335. The Bertz CT molecular complexity index is 780. The number of carbonyl (C=O) groups excluding carboxylic acids is 1. The maximum atomic E-state index is 13.3. The third kappa shape index (κ3) is 5.18. The first kappa shape index (κ1) is 19.1. The lowest BCUT2D eigenvalue weighted by Gasteiger charge is -2.19. The molecule has 1 amide bonds. The van der Waals surface area contributed by atoms with Crippen LogP contribution in [-0.2, 0) is 17.9 Å². The zero-order valence-electron chi connectivity index (χ0n) is 16.2. The average Bonchev–Trinajstić information content (AvgIpc) is 3.36. The highest BCUT2D eigenvalue weighted by atomic mass is 19.1. The summed E-state index contributed by atoms with van der Waals surface area (Å²) in [6.45, 7) is 3.98. The van der Waals surface area contributed by atoms with Crippen molar-refractivity contribution in [3.8, 4) is 0 Å². The summed E-state index contributed by atoms with van der Waals surface area (Å²) in [6.07, 6.45) is 4.69. The van der Waals surface area contributed by atoms with E-state index in [4.69, 9.17) is 0 Å². The van der Waals surface area contributed by atoms with Crippen LogP contribution in [-0.4, -0.2) is 29.9 Å². The van der Waals surface area contributed by atoms with Crippen LogP contribution in [0.1, 0.15) is 48.4 Å². The second-order valence-electron chi connectivity index (χ2n) is 7.95. The predicted molar refractivity (Wildman–Crippen MR) is 108 cm³/mol. The fraction of sp³-hybridized carbons (Fsp3) is 0.435. The van der Waals surface area contributed by atoms with Gasteiger partial charge in [-0.3, -0.25) is 15.0 Å². The number of amides is 1. The number of likely N-dealkylation sites (tertiary alicyclic amines) is 1. The normalized spacial score (nSPS) is 18.2. The van der Waals surface area contributed by atoms with E-state index in [9.17, 15) is 9.18 Å². The van der Waals surface area contributed by atoms with E-state index in [-0.39, 0.29) is 11.7 Å². The van der Waals surface area contributed by atoms with Crippen LogP contribution in [0.5, 0.6) is 0 Å². The van der Waals surface area contributed by atoms with E-state index in [1.807, 2.05) is 0 Å². The molecule has 1 unspecified atom stereocenters. The maximum Gasteiger partial charge on any atom is 0.241 e. The van der Waals surface area contributed by atoms with Crippen molar-refractivity contribution in [3.63, 3.8) is 0 Å². The molecule has 1 saturated heterocycles. The number of nitrogens with zero attached hydrogens (tertiary/aromatic N) is 1. The highest BCUT2D eigenvalue weighted by Crippen LogP contribution is 2.22. The number of halogens is 1. The fourth-order valence-corrected chi connectivity index (χ4v) is 3.71. The topological polar surface area (TPSA) is 44.4 Å². The summed E-state index contributed by atoms with van der Waals surface area (Å²) in [4.78, 5) is 15.2. The van der Waals surface area contributed by atoms with E-state index in [0.717, 1.165) is 30.5 Å². The summed E-state index contributed by atoms with van der Waals surface area (Å²) in [5.41, 5.74) is 3.24. The summed E-state index contributed by atoms with van der Waals surface area (Å²) in [6, 6.07) is 14.6. The lowest BCUT2D eigenvalue weighted by atomic mass is 10.0. The van der Waals surface area contributed by atoms with E-state index >= 15 is 0 Å². The zero-order chi connectivity index (χ0) is 19.3. The first-order valence-corrected chi connectivity index (χ1v) is 10.3. The van der Waals surface area contributed by atoms with Gasteiger partial charge in [-0.25, -0.2) is 4.39 Å². The number of carbonyl (C=O) groups is 1. The summed E-state index contributed by atoms with van der Waals surface area (Å²) < 4.78 is 13.3. The second-order valence-corrected chi connectivity index (χ2v) is 7.95. The first-order valence-electron chi connectivity index (χ1n) is 10.3. The minimum absolute atomic E-state index is 0.0419. The Labute approximate surface area is 166 Å². The summed E-state index contributed by atoms with van der Waals surface area (Å²) >= 11 is 0. The van der Waals surface area contributed by atoms with Crippen LogP contribution < -0.4 is 10.6 Å². The molecule has 148 valence electrons. The second kappa shape index (κ2) is 8.84. The van der Waals surface area contributed by atoms with E-state index in [0.29, 0.717) is 12.6 Å². The Hall–Kier alpha value is -2.24. The molecule has 0 spiro atoms. The summed E-state index contributed by atoms with van der Waals surface area (Å²) in [5, 5.41) is 6.40. The quantitative estimate of drug-likeness (QED) is 0.735. The van der Waals surface area contributed by atoms with Gasteiger partial charge < -0.3 is 5.32 Å². The number of hydrogen-bond donors (Lipinski definition) is 2. The smallest absolute Gasteiger partial charge is 0.241 e. The molecular weight excluding hydrogens is 353 g/mol. The number of nitrogens with one attached hydrogen (secondary N) is 2. The predicted octanol–water partition coefficient (Wildman–Crippen LogP) is 3.53. The van der Waals surface area contributed by atoms with Crippen LogP contribution in [0.25, 0.3) is 0 Å². The largest absolute Gasteiger partial charge is 0.352 e. The Morgan fingerprint density at radius 1 is 1.00 bits per heavy atom. The molecule has 0 radical (unpaired) electrons. The third-order valence-electron chi connectivity index (χ3n) is 5.53. The molecule has 0 bridgehead atoms. The van der Waals surface area contributed by atoms with Crippen molar-refractivity contribution in [2.24, 2.45) is 0 Å². The van der Waals surface area contributed by atoms with Crippen molar-refractivity contribution < 1.29 is 9.18 Å². The van der Waals surface area contributed by atoms with Crippen molar-refractivity contribution in [1.29, 1.82) is 0 Å². The van der Waals surface area contributed by atoms with Crippen molar-refractivity contribution in [3.05, 3.63) is 71.0 Å². The van der Waals surface area contributed by atoms with Gasteiger partial charge in [0, 0.05) is 19.1 Å². The molecule has 4 nitrogen and oxygen atoms in total. The minimum Gasteiger partial charge on any atom is -0.352 e. The van der Waals surface area contributed by atoms with E-state index in [2.05, 4.69) is 39.8 Å². The SMILES string of the molecule is O=C(NC1CC1)C(NCc1ccc(CN2CCCC2)cc1)c1ccc(F)cc1. The van der Waals surface area contributed by atoms with Crippen molar-refractivity contribution in [2.45, 2.75) is 50.9 Å². The Morgan fingerprint density at radius 3 is 2.29 bits per heavy atom. The van der Waals surface area contributed by atoms with Gasteiger partial charge in [0.25, 0.3) is 0 Å². The van der Waals surface area contributed by atoms with Gasteiger partial charge in [-0.15, -0.1) is 0 Å². The van der Waals surface area contributed by atoms with Gasteiger partial charge in [-0.2, -0.15) is 0 Å². The van der Waals surface area contributed by atoms with Crippen LogP contribution in [0, 0.1) is 5.82 Å². The highest BCUT2D eigenvalue weighted by Gasteiger charge is 2.28. The number of rotatable bonds is 8. The molecule has 1 aliphatic heterocycles. The number of benzene rings is 2. The molecule has 4 rings (SSSR count). The van der Waals surface area contributed by atoms with Gasteiger partial charge in [-0.1, -0.05) is 36.4 Å². The van der Waals surface area contributed by atoms with Crippen LogP contribution in [0.4, 0.5) is 4.39 Å². The molecule has 2 fully saturated rings. The zero-order valence-corrected chi connectivity index (χ0v) is 16.2. The molecule has 2 N–H and O–H groups in total. The van der Waals surface area contributed by atoms with Gasteiger partial charge >= 0.3 is 0 Å². The van der Waals surface area contributed by atoms with Crippen LogP contribution in [0.2, 0.25) is 0 Å². The van der Waals surface area contributed by atoms with Crippen LogP contribution in [0.3, 0.4) is 0 Å². The van der Waals surface area contributed by atoms with Crippen LogP contribution in [0.15, 0.2) is 48.5 Å². The molecule has 2 aromatic rings. The van der Waals surface area contributed by atoms with Crippen molar-refractivity contribution in [2.75, 3.05) is 13.1 Å². The number of hydrogen-bond acceptors (Lipinski definition) is 3. The van der Waals surface area contributed by atoms with Gasteiger partial charge in [-0.05, 0) is 67.6 Å². The molecule has 1 atom stereocenters. The Morgan fingerprint density at radius 2 is 1.64 bits per heavy atom. The average molecular weight is 381 g/mol. The van der Waals surface area contributed by atoms with Crippen molar-refractivity contribution in [1.82, 2.24) is 15.5 Å². The lowest BCUT2D eigenvalue weighted by molar-refractivity contribution is -0.123. The van der Waals surface area contributed by atoms with E-state index in [1.54, 1.807) is 12.1 Å². The molecule has 5 heteroatoms. The van der Waals surface area contributed by atoms with Gasteiger partial charge in [0.05, 0.1) is 0 Å². The van der Waals surface area contributed by atoms with E-state index < -0.39 is 6.04 Å². The Balaban J connectivity index is 1.38. The van der Waals surface area contributed by atoms with E-state index in [1.165, 1.54) is 43.6 Å². The minimum atomic E-state index is -0.481.